The highest BCUT2D eigenvalue weighted by atomic mass is 79.9. The van der Waals surface area contributed by atoms with Crippen molar-refractivity contribution >= 4 is 39.7 Å². The van der Waals surface area contributed by atoms with E-state index in [1.807, 2.05) is 12.1 Å². The maximum absolute atomic E-state index is 14.1. The van der Waals surface area contributed by atoms with Gasteiger partial charge in [0.1, 0.15) is 5.75 Å². The SMILES string of the molecule is CC(C)CCCC(C)CCCC(C)CCCC(C)CCOP(=O)(OCCC(C)CCCC(C)CCCC(C)CCCC(C)C)Oc1cc(CBr)cc(CBr)c1. The van der Waals surface area contributed by atoms with Gasteiger partial charge in [-0.05, 0) is 83.4 Å². The predicted molar refractivity (Wildman–Crippen MR) is 249 cm³/mol. The van der Waals surface area contributed by atoms with E-state index in [2.05, 4.69) is 107 Å². The molecule has 0 aliphatic rings. The van der Waals surface area contributed by atoms with Crippen LogP contribution < -0.4 is 4.52 Å². The van der Waals surface area contributed by atoms with Crippen molar-refractivity contribution in [2.24, 2.45) is 47.3 Å². The molecule has 0 fully saturated rings. The third-order valence-electron chi connectivity index (χ3n) is 11.8. The Labute approximate surface area is 359 Å². The standard InChI is InChI=1S/C48H89Br2O4P/c1-38(2)17-11-19-40(5)21-13-23-42(7)25-15-27-44(9)29-31-52-55(51,54-48-34-46(36-49)33-47(35-48)37-50)53-32-30-45(10)28-16-26-43(8)24-14-22-41(6)20-12-18-39(3)4/h33-35,38-45H,11-32,36-37H2,1-10H3. The Bertz CT molecular complexity index is 1040. The van der Waals surface area contributed by atoms with Gasteiger partial charge in [-0.1, -0.05) is 223 Å². The van der Waals surface area contributed by atoms with Gasteiger partial charge in [0.05, 0.1) is 13.2 Å². The van der Waals surface area contributed by atoms with Crippen molar-refractivity contribution in [3.05, 3.63) is 29.3 Å². The molecule has 1 aromatic rings. The van der Waals surface area contributed by atoms with Gasteiger partial charge in [0, 0.05) is 10.7 Å². The van der Waals surface area contributed by atoms with Gasteiger partial charge in [-0.2, -0.15) is 0 Å². The Balaban J connectivity index is 2.52. The lowest BCUT2D eigenvalue weighted by molar-refractivity contribution is 0.141. The first-order valence-corrected chi connectivity index (χ1v) is 26.7. The fourth-order valence-electron chi connectivity index (χ4n) is 7.76. The fourth-order valence-corrected chi connectivity index (χ4v) is 9.61. The lowest BCUT2D eigenvalue weighted by Crippen LogP contribution is -2.09. The van der Waals surface area contributed by atoms with Crippen molar-refractivity contribution < 1.29 is 18.1 Å². The van der Waals surface area contributed by atoms with Crippen LogP contribution in [0.1, 0.15) is 209 Å². The molecule has 6 unspecified atom stereocenters. The second-order valence-electron chi connectivity index (χ2n) is 19.0. The summed E-state index contributed by atoms with van der Waals surface area (Å²) in [6.07, 6.45) is 25.4. The van der Waals surface area contributed by atoms with Crippen LogP contribution in [0.3, 0.4) is 0 Å². The summed E-state index contributed by atoms with van der Waals surface area (Å²) in [5.74, 6) is 6.46. The zero-order valence-corrected chi connectivity index (χ0v) is 41.7. The van der Waals surface area contributed by atoms with E-state index in [9.17, 15) is 4.57 Å². The number of hydrogen-bond acceptors (Lipinski definition) is 4. The minimum Gasteiger partial charge on any atom is -0.404 e. The largest absolute Gasteiger partial charge is 0.530 e. The first-order valence-electron chi connectivity index (χ1n) is 23.0. The van der Waals surface area contributed by atoms with Gasteiger partial charge in [0.25, 0.3) is 0 Å². The van der Waals surface area contributed by atoms with Crippen LogP contribution in [0.15, 0.2) is 18.2 Å². The minimum atomic E-state index is -3.79. The average Bonchev–Trinajstić information content (AvgIpc) is 3.11. The smallest absolute Gasteiger partial charge is 0.404 e. The Morgan fingerprint density at radius 2 is 0.709 bits per heavy atom. The molecule has 0 aliphatic heterocycles. The van der Waals surface area contributed by atoms with E-state index < -0.39 is 7.82 Å². The van der Waals surface area contributed by atoms with Gasteiger partial charge in [-0.25, -0.2) is 4.57 Å². The molecular weight excluding hydrogens is 831 g/mol. The zero-order chi connectivity index (χ0) is 41.1. The molecule has 0 spiro atoms. The molecule has 0 amide bonds. The van der Waals surface area contributed by atoms with E-state index in [1.54, 1.807) is 0 Å². The number of rotatable bonds is 36. The Hall–Kier alpha value is 0.130. The number of hydrogen-bond donors (Lipinski definition) is 0. The van der Waals surface area contributed by atoms with Crippen LogP contribution >= 0.6 is 39.7 Å². The van der Waals surface area contributed by atoms with Crippen molar-refractivity contribution in [1.82, 2.24) is 0 Å². The first kappa shape index (κ1) is 53.1. The van der Waals surface area contributed by atoms with Crippen LogP contribution in [0.4, 0.5) is 0 Å². The minimum absolute atomic E-state index is 0.371. The monoisotopic (exact) mass is 918 g/mol. The third kappa shape index (κ3) is 29.1. The summed E-state index contributed by atoms with van der Waals surface area (Å²) in [7, 11) is -3.79. The summed E-state index contributed by atoms with van der Waals surface area (Å²) >= 11 is 7.13. The summed E-state index contributed by atoms with van der Waals surface area (Å²) in [4.78, 5) is 0. The molecular formula is C48H89Br2O4P. The van der Waals surface area contributed by atoms with Crippen molar-refractivity contribution in [3.8, 4) is 5.75 Å². The van der Waals surface area contributed by atoms with Crippen LogP contribution in [0.2, 0.25) is 0 Å². The molecule has 1 rings (SSSR count). The van der Waals surface area contributed by atoms with Crippen LogP contribution in [-0.4, -0.2) is 13.2 Å². The van der Waals surface area contributed by atoms with Crippen molar-refractivity contribution in [2.75, 3.05) is 13.2 Å². The third-order valence-corrected chi connectivity index (χ3v) is 14.5. The topological polar surface area (TPSA) is 44.8 Å². The van der Waals surface area contributed by atoms with E-state index in [0.717, 1.165) is 59.5 Å². The summed E-state index contributed by atoms with van der Waals surface area (Å²) in [6.45, 7) is 24.4. The van der Waals surface area contributed by atoms with Crippen LogP contribution in [-0.2, 0) is 24.3 Å². The van der Waals surface area contributed by atoms with Crippen molar-refractivity contribution in [3.63, 3.8) is 0 Å². The second kappa shape index (κ2) is 32.0. The molecule has 324 valence electrons. The first-order chi connectivity index (χ1) is 26.1. The lowest BCUT2D eigenvalue weighted by atomic mass is 9.91. The van der Waals surface area contributed by atoms with E-state index in [0.29, 0.717) is 41.5 Å². The second-order valence-corrected chi connectivity index (χ2v) is 21.8. The highest BCUT2D eigenvalue weighted by Gasteiger charge is 2.29. The van der Waals surface area contributed by atoms with Crippen LogP contribution in [0.5, 0.6) is 5.75 Å². The average molecular weight is 921 g/mol. The van der Waals surface area contributed by atoms with Gasteiger partial charge in [-0.15, -0.1) is 0 Å². The molecule has 0 radical (unpaired) electrons. The normalized spacial score (nSPS) is 16.5. The highest BCUT2D eigenvalue weighted by molar-refractivity contribution is 9.08. The Morgan fingerprint density at radius 3 is 0.982 bits per heavy atom. The summed E-state index contributed by atoms with van der Waals surface area (Å²) in [6, 6.07) is 5.96. The molecule has 0 saturated carbocycles. The summed E-state index contributed by atoms with van der Waals surface area (Å²) in [5.41, 5.74) is 2.13. The number of phosphoric ester groups is 1. The molecule has 0 aromatic heterocycles. The summed E-state index contributed by atoms with van der Waals surface area (Å²) < 4.78 is 32.4. The quantitative estimate of drug-likeness (QED) is 0.0497. The fraction of sp³-hybridized carbons (Fsp3) is 0.875. The molecule has 0 heterocycles. The Morgan fingerprint density at radius 1 is 0.436 bits per heavy atom. The molecule has 0 aliphatic carbocycles. The molecule has 4 nitrogen and oxygen atoms in total. The van der Waals surface area contributed by atoms with Crippen LogP contribution in [0, 0.1) is 47.3 Å². The highest BCUT2D eigenvalue weighted by Crippen LogP contribution is 2.50. The molecule has 0 bridgehead atoms. The Kier molecular flexibility index (Phi) is 30.9. The molecule has 6 atom stereocenters. The van der Waals surface area contributed by atoms with Gasteiger partial charge in [-0.3, -0.25) is 9.05 Å². The predicted octanol–water partition coefficient (Wildman–Crippen LogP) is 17.9. The van der Waals surface area contributed by atoms with Crippen LogP contribution in [0.25, 0.3) is 0 Å². The number of phosphoric acid groups is 1. The number of halogens is 2. The lowest BCUT2D eigenvalue weighted by Gasteiger charge is -2.21. The number of benzene rings is 1. The van der Waals surface area contributed by atoms with E-state index in [-0.39, 0.29) is 0 Å². The van der Waals surface area contributed by atoms with Gasteiger partial charge >= 0.3 is 7.82 Å². The summed E-state index contributed by atoms with van der Waals surface area (Å²) in [5, 5.41) is 1.38. The maximum atomic E-state index is 14.1. The molecule has 0 N–H and O–H groups in total. The molecule has 0 saturated heterocycles. The van der Waals surface area contributed by atoms with Crippen molar-refractivity contribution in [1.29, 1.82) is 0 Å². The molecule has 1 aromatic carbocycles. The molecule has 55 heavy (non-hydrogen) atoms. The molecule has 7 heteroatoms. The van der Waals surface area contributed by atoms with Crippen molar-refractivity contribution in [2.45, 2.75) is 208 Å². The number of alkyl halides is 2. The zero-order valence-electron chi connectivity index (χ0n) is 37.7. The van der Waals surface area contributed by atoms with Gasteiger partial charge in [0.15, 0.2) is 0 Å². The van der Waals surface area contributed by atoms with Gasteiger partial charge < -0.3 is 4.52 Å². The van der Waals surface area contributed by atoms with Gasteiger partial charge in [0.2, 0.25) is 0 Å². The van der Waals surface area contributed by atoms with E-state index in [4.69, 9.17) is 13.6 Å². The van der Waals surface area contributed by atoms with E-state index >= 15 is 0 Å². The maximum Gasteiger partial charge on any atom is 0.530 e. The van der Waals surface area contributed by atoms with E-state index in [1.165, 1.54) is 116 Å².